The normalized spacial score (nSPS) is 11.2. The summed E-state index contributed by atoms with van der Waals surface area (Å²) >= 11 is 0. The molecule has 3 aromatic rings. The predicted molar refractivity (Wildman–Crippen MR) is 118 cm³/mol. The summed E-state index contributed by atoms with van der Waals surface area (Å²) in [7, 11) is 3.05. The van der Waals surface area contributed by atoms with Crippen LogP contribution in [0.1, 0.15) is 32.2 Å². The number of H-pyrrole nitrogens is 1. The average molecular weight is 426 g/mol. The number of aryl methyl sites for hydroxylation is 1. The Morgan fingerprint density at radius 3 is 2.39 bits per heavy atom. The lowest BCUT2D eigenvalue weighted by atomic mass is 9.92. The second kappa shape index (κ2) is 8.50. The van der Waals surface area contributed by atoms with Crippen molar-refractivity contribution in [1.82, 2.24) is 19.7 Å². The van der Waals surface area contributed by atoms with Gasteiger partial charge in [0.15, 0.2) is 11.5 Å². The van der Waals surface area contributed by atoms with Gasteiger partial charge in [-0.2, -0.15) is 9.78 Å². The maximum atomic E-state index is 12.7. The van der Waals surface area contributed by atoms with Gasteiger partial charge in [0.05, 0.1) is 19.9 Å². The average Bonchev–Trinajstić information content (AvgIpc) is 3.11. The topological polar surface area (TPSA) is 123 Å². The Balaban J connectivity index is 1.92. The molecule has 164 valence electrons. The van der Waals surface area contributed by atoms with Crippen molar-refractivity contribution in [1.29, 1.82) is 0 Å². The first-order valence-electron chi connectivity index (χ1n) is 9.59. The number of carbonyl (C=O) groups is 1. The van der Waals surface area contributed by atoms with E-state index in [1.807, 2.05) is 20.8 Å². The minimum atomic E-state index is -0.496. The number of ether oxygens (including phenoxy) is 2. The molecule has 2 heterocycles. The largest absolute Gasteiger partial charge is 0.493 e. The first-order valence-corrected chi connectivity index (χ1v) is 9.59. The zero-order chi connectivity index (χ0) is 22.8. The van der Waals surface area contributed by atoms with Crippen LogP contribution in [0.15, 0.2) is 35.1 Å². The van der Waals surface area contributed by atoms with E-state index in [0.29, 0.717) is 28.7 Å². The standard InChI is InChI=1S/C21H26N6O4/c1-12-9-18(28)25-19(22-12)27-17(11-16(26-27)21(2,3)4)24-20(29)23-13-7-8-14(30-5)15(10-13)31-6/h7-11H,1-6H3,(H,22,25,28)(H2,23,24,29). The number of carbonyl (C=O) groups excluding carboxylic acids is 1. The van der Waals surface area contributed by atoms with Crippen molar-refractivity contribution in [2.75, 3.05) is 24.9 Å². The van der Waals surface area contributed by atoms with E-state index >= 15 is 0 Å². The van der Waals surface area contributed by atoms with Crippen molar-refractivity contribution in [2.24, 2.45) is 0 Å². The minimum absolute atomic E-state index is 0.210. The third kappa shape index (κ3) is 5.03. The highest BCUT2D eigenvalue weighted by molar-refractivity contribution is 5.99. The molecule has 0 aliphatic carbocycles. The fourth-order valence-corrected chi connectivity index (χ4v) is 2.85. The lowest BCUT2D eigenvalue weighted by Crippen LogP contribution is -2.22. The molecule has 10 heteroatoms. The van der Waals surface area contributed by atoms with Gasteiger partial charge in [0.25, 0.3) is 5.56 Å². The molecule has 0 aliphatic rings. The fraction of sp³-hybridized carbons (Fsp3) is 0.333. The van der Waals surface area contributed by atoms with Crippen LogP contribution in [0, 0.1) is 6.92 Å². The van der Waals surface area contributed by atoms with Gasteiger partial charge in [-0.25, -0.2) is 9.78 Å². The first-order chi connectivity index (χ1) is 14.6. The van der Waals surface area contributed by atoms with E-state index in [9.17, 15) is 9.59 Å². The molecule has 2 aromatic heterocycles. The third-order valence-corrected chi connectivity index (χ3v) is 4.42. The smallest absolute Gasteiger partial charge is 0.324 e. The number of aromatic nitrogens is 4. The van der Waals surface area contributed by atoms with Gasteiger partial charge in [-0.3, -0.25) is 15.1 Å². The third-order valence-electron chi connectivity index (χ3n) is 4.42. The van der Waals surface area contributed by atoms with E-state index in [1.165, 1.54) is 25.0 Å². The summed E-state index contributed by atoms with van der Waals surface area (Å²) in [6.07, 6.45) is 0. The van der Waals surface area contributed by atoms with Crippen molar-refractivity contribution in [3.05, 3.63) is 52.1 Å². The van der Waals surface area contributed by atoms with E-state index in [-0.39, 0.29) is 16.9 Å². The number of nitrogens with zero attached hydrogens (tertiary/aromatic N) is 3. The second-order valence-electron chi connectivity index (χ2n) is 7.94. The molecule has 0 saturated carbocycles. The molecule has 0 unspecified atom stereocenters. The molecule has 0 saturated heterocycles. The van der Waals surface area contributed by atoms with Crippen LogP contribution in [0.2, 0.25) is 0 Å². The number of hydrogen-bond acceptors (Lipinski definition) is 6. The van der Waals surface area contributed by atoms with Crippen LogP contribution >= 0.6 is 0 Å². The molecule has 10 nitrogen and oxygen atoms in total. The van der Waals surface area contributed by atoms with E-state index in [0.717, 1.165) is 5.69 Å². The van der Waals surface area contributed by atoms with Crippen LogP contribution in [0.25, 0.3) is 5.95 Å². The van der Waals surface area contributed by atoms with Gasteiger partial charge in [0, 0.05) is 35.0 Å². The van der Waals surface area contributed by atoms with E-state index in [1.54, 1.807) is 31.2 Å². The number of benzene rings is 1. The summed E-state index contributed by atoms with van der Waals surface area (Å²) in [6, 6.07) is 7.67. The molecule has 0 bridgehead atoms. The van der Waals surface area contributed by atoms with Crippen molar-refractivity contribution in [3.63, 3.8) is 0 Å². The molecule has 3 rings (SSSR count). The maximum absolute atomic E-state index is 12.7. The number of rotatable bonds is 5. The summed E-state index contributed by atoms with van der Waals surface area (Å²) in [5.41, 5.74) is 1.17. The molecule has 0 spiro atoms. The summed E-state index contributed by atoms with van der Waals surface area (Å²) in [5, 5.41) is 10.1. The van der Waals surface area contributed by atoms with Crippen LogP contribution in [-0.2, 0) is 5.41 Å². The summed E-state index contributed by atoms with van der Waals surface area (Å²) in [4.78, 5) is 31.6. The van der Waals surface area contributed by atoms with Gasteiger partial charge in [-0.1, -0.05) is 20.8 Å². The molecule has 3 N–H and O–H groups in total. The second-order valence-corrected chi connectivity index (χ2v) is 7.94. The number of hydrogen-bond donors (Lipinski definition) is 3. The highest BCUT2D eigenvalue weighted by atomic mass is 16.5. The Morgan fingerprint density at radius 1 is 1.06 bits per heavy atom. The predicted octanol–water partition coefficient (Wildman–Crippen LogP) is 3.22. The monoisotopic (exact) mass is 426 g/mol. The van der Waals surface area contributed by atoms with E-state index in [2.05, 4.69) is 25.7 Å². The summed E-state index contributed by atoms with van der Waals surface area (Å²) in [6.45, 7) is 7.71. The number of anilines is 2. The SMILES string of the molecule is COc1ccc(NC(=O)Nc2cc(C(C)(C)C)nn2-c2nc(C)cc(=O)[nH]2)cc1OC. The van der Waals surface area contributed by atoms with E-state index in [4.69, 9.17) is 9.47 Å². The molecule has 0 atom stereocenters. The Kier molecular flexibility index (Phi) is 6.00. The number of urea groups is 1. The van der Waals surface area contributed by atoms with Crippen LogP contribution in [0.5, 0.6) is 11.5 Å². The van der Waals surface area contributed by atoms with Crippen molar-refractivity contribution < 1.29 is 14.3 Å². The Morgan fingerprint density at radius 2 is 1.77 bits per heavy atom. The van der Waals surface area contributed by atoms with Crippen LogP contribution < -0.4 is 25.7 Å². The van der Waals surface area contributed by atoms with Crippen LogP contribution in [0.3, 0.4) is 0 Å². The lowest BCUT2D eigenvalue weighted by Gasteiger charge is -2.13. The number of nitrogens with one attached hydrogen (secondary N) is 3. The molecule has 0 aliphatic heterocycles. The lowest BCUT2D eigenvalue weighted by molar-refractivity contribution is 0.262. The van der Waals surface area contributed by atoms with Crippen molar-refractivity contribution >= 4 is 17.5 Å². The number of amides is 2. The van der Waals surface area contributed by atoms with Gasteiger partial charge in [-0.05, 0) is 19.1 Å². The maximum Gasteiger partial charge on any atom is 0.324 e. The molecule has 1 aromatic carbocycles. The van der Waals surface area contributed by atoms with E-state index < -0.39 is 6.03 Å². The van der Waals surface area contributed by atoms with Gasteiger partial charge in [0.1, 0.15) is 5.82 Å². The molecular weight excluding hydrogens is 400 g/mol. The fourth-order valence-electron chi connectivity index (χ4n) is 2.85. The number of methoxy groups -OCH3 is 2. The van der Waals surface area contributed by atoms with Crippen LogP contribution in [0.4, 0.5) is 16.3 Å². The van der Waals surface area contributed by atoms with Crippen molar-refractivity contribution in [2.45, 2.75) is 33.1 Å². The Labute approximate surface area is 179 Å². The molecule has 31 heavy (non-hydrogen) atoms. The highest BCUT2D eigenvalue weighted by Gasteiger charge is 2.22. The Hall–Kier alpha value is -3.82. The minimum Gasteiger partial charge on any atom is -0.493 e. The zero-order valence-electron chi connectivity index (χ0n) is 18.4. The van der Waals surface area contributed by atoms with Gasteiger partial charge in [-0.15, -0.1) is 0 Å². The zero-order valence-corrected chi connectivity index (χ0v) is 18.4. The van der Waals surface area contributed by atoms with Crippen LogP contribution in [-0.4, -0.2) is 40.0 Å². The van der Waals surface area contributed by atoms with Gasteiger partial charge < -0.3 is 14.8 Å². The molecule has 2 amide bonds. The Bertz CT molecular complexity index is 1160. The molecular formula is C21H26N6O4. The van der Waals surface area contributed by atoms with Gasteiger partial charge >= 0.3 is 6.03 Å². The quantitative estimate of drug-likeness (QED) is 0.576. The highest BCUT2D eigenvalue weighted by Crippen LogP contribution is 2.30. The van der Waals surface area contributed by atoms with Gasteiger partial charge in [0.2, 0.25) is 5.95 Å². The molecule has 0 fully saturated rings. The first kappa shape index (κ1) is 21.9. The summed E-state index contributed by atoms with van der Waals surface area (Å²) < 4.78 is 11.9. The summed E-state index contributed by atoms with van der Waals surface area (Å²) in [5.74, 6) is 1.61. The number of aromatic amines is 1. The molecule has 0 radical (unpaired) electrons. The van der Waals surface area contributed by atoms with Crippen molar-refractivity contribution in [3.8, 4) is 17.4 Å².